The zero-order valence-electron chi connectivity index (χ0n) is 8.74. The maximum absolute atomic E-state index is 5.48. The molecule has 3 N–H and O–H groups in total. The highest BCUT2D eigenvalue weighted by atomic mass is 16.5. The highest BCUT2D eigenvalue weighted by Gasteiger charge is 2.05. The normalized spacial score (nSPS) is 12.5. The molecular formula is C9H16N4O. The van der Waals surface area contributed by atoms with Gasteiger partial charge in [-0.2, -0.15) is 4.98 Å². The van der Waals surface area contributed by atoms with Crippen LogP contribution in [0.4, 0.5) is 11.8 Å². The number of anilines is 2. The molecule has 1 heterocycles. The largest absolute Gasteiger partial charge is 0.383 e. The number of ether oxygens (including phenoxy) is 1. The molecule has 0 saturated heterocycles. The van der Waals surface area contributed by atoms with Crippen molar-refractivity contribution in [3.63, 3.8) is 0 Å². The monoisotopic (exact) mass is 196 g/mol. The number of nitrogen functional groups attached to an aromatic ring is 1. The van der Waals surface area contributed by atoms with Gasteiger partial charge in [-0.05, 0) is 13.8 Å². The van der Waals surface area contributed by atoms with E-state index in [0.717, 1.165) is 11.4 Å². The predicted molar refractivity (Wildman–Crippen MR) is 56.1 cm³/mol. The molecule has 1 rings (SSSR count). The first kappa shape index (κ1) is 10.7. The molecule has 0 amide bonds. The first-order chi connectivity index (χ1) is 6.63. The maximum atomic E-state index is 5.48. The van der Waals surface area contributed by atoms with Crippen LogP contribution in [0.5, 0.6) is 0 Å². The first-order valence-electron chi connectivity index (χ1n) is 4.48. The van der Waals surface area contributed by atoms with Gasteiger partial charge in [0.1, 0.15) is 5.82 Å². The molecule has 0 aliphatic carbocycles. The fourth-order valence-electron chi connectivity index (χ4n) is 1.13. The summed E-state index contributed by atoms with van der Waals surface area (Å²) >= 11 is 0. The summed E-state index contributed by atoms with van der Waals surface area (Å²) in [5, 5.41) is 3.20. The van der Waals surface area contributed by atoms with Crippen molar-refractivity contribution in [2.24, 2.45) is 0 Å². The third-order valence-corrected chi connectivity index (χ3v) is 1.79. The van der Waals surface area contributed by atoms with E-state index in [1.165, 1.54) is 0 Å². The van der Waals surface area contributed by atoms with Crippen molar-refractivity contribution >= 4 is 11.8 Å². The number of methoxy groups -OCH3 is 1. The number of hydrogen-bond acceptors (Lipinski definition) is 5. The van der Waals surface area contributed by atoms with Crippen LogP contribution in [0.3, 0.4) is 0 Å². The van der Waals surface area contributed by atoms with E-state index in [1.807, 2.05) is 13.8 Å². The van der Waals surface area contributed by atoms with Crippen molar-refractivity contribution in [1.29, 1.82) is 0 Å². The Morgan fingerprint density at radius 3 is 3.00 bits per heavy atom. The van der Waals surface area contributed by atoms with Gasteiger partial charge in [-0.1, -0.05) is 0 Å². The molecule has 0 saturated carbocycles. The summed E-state index contributed by atoms with van der Waals surface area (Å²) in [5.41, 5.74) is 6.46. The molecule has 0 aliphatic rings. The van der Waals surface area contributed by atoms with Gasteiger partial charge in [-0.3, -0.25) is 0 Å². The van der Waals surface area contributed by atoms with Gasteiger partial charge in [0.05, 0.1) is 6.61 Å². The summed E-state index contributed by atoms with van der Waals surface area (Å²) in [6, 6.07) is 0.202. The predicted octanol–water partition coefficient (Wildman–Crippen LogP) is 0.814. The van der Waals surface area contributed by atoms with Gasteiger partial charge < -0.3 is 15.8 Å². The number of aromatic nitrogens is 2. The van der Waals surface area contributed by atoms with Crippen molar-refractivity contribution in [3.8, 4) is 0 Å². The van der Waals surface area contributed by atoms with Crippen LogP contribution in [0.1, 0.15) is 12.5 Å². The van der Waals surface area contributed by atoms with E-state index in [1.54, 1.807) is 13.3 Å². The molecule has 5 nitrogen and oxygen atoms in total. The smallest absolute Gasteiger partial charge is 0.221 e. The van der Waals surface area contributed by atoms with Gasteiger partial charge in [-0.15, -0.1) is 0 Å². The molecule has 1 aromatic heterocycles. The average Bonchev–Trinajstić information content (AvgIpc) is 2.12. The fraction of sp³-hybridized carbons (Fsp3) is 0.556. The average molecular weight is 196 g/mol. The van der Waals surface area contributed by atoms with Crippen LogP contribution in [0.15, 0.2) is 6.20 Å². The lowest BCUT2D eigenvalue weighted by Gasteiger charge is -2.14. The molecule has 1 unspecified atom stereocenters. The summed E-state index contributed by atoms with van der Waals surface area (Å²) in [5.74, 6) is 1.05. The second kappa shape index (κ2) is 4.76. The Morgan fingerprint density at radius 1 is 1.64 bits per heavy atom. The van der Waals surface area contributed by atoms with Gasteiger partial charge >= 0.3 is 0 Å². The quantitative estimate of drug-likeness (QED) is 0.745. The van der Waals surface area contributed by atoms with Crippen LogP contribution in [-0.2, 0) is 4.74 Å². The minimum atomic E-state index is 0.202. The summed E-state index contributed by atoms with van der Waals surface area (Å²) in [6.07, 6.45) is 1.70. The Balaban J connectivity index is 2.70. The first-order valence-corrected chi connectivity index (χ1v) is 4.48. The molecule has 0 aliphatic heterocycles. The van der Waals surface area contributed by atoms with Crippen LogP contribution < -0.4 is 11.1 Å². The Bertz CT molecular complexity index is 303. The minimum absolute atomic E-state index is 0.202. The Labute approximate surface area is 83.7 Å². The van der Waals surface area contributed by atoms with Crippen molar-refractivity contribution in [3.05, 3.63) is 11.8 Å². The molecule has 78 valence electrons. The third kappa shape index (κ3) is 2.85. The lowest BCUT2D eigenvalue weighted by atomic mass is 10.3. The topological polar surface area (TPSA) is 73.1 Å². The van der Waals surface area contributed by atoms with E-state index in [4.69, 9.17) is 10.5 Å². The highest BCUT2D eigenvalue weighted by molar-refractivity contribution is 5.45. The molecular weight excluding hydrogens is 180 g/mol. The van der Waals surface area contributed by atoms with Crippen LogP contribution >= 0.6 is 0 Å². The number of aryl methyl sites for hydroxylation is 1. The van der Waals surface area contributed by atoms with Crippen LogP contribution in [0, 0.1) is 6.92 Å². The number of nitrogens with two attached hydrogens (primary N) is 1. The van der Waals surface area contributed by atoms with Gasteiger partial charge in [0.25, 0.3) is 0 Å². The highest BCUT2D eigenvalue weighted by Crippen LogP contribution is 2.11. The molecule has 14 heavy (non-hydrogen) atoms. The van der Waals surface area contributed by atoms with E-state index in [2.05, 4.69) is 15.3 Å². The second-order valence-electron chi connectivity index (χ2n) is 3.26. The van der Waals surface area contributed by atoms with E-state index in [0.29, 0.717) is 6.61 Å². The third-order valence-electron chi connectivity index (χ3n) is 1.79. The van der Waals surface area contributed by atoms with Crippen molar-refractivity contribution < 1.29 is 4.74 Å². The van der Waals surface area contributed by atoms with E-state index < -0.39 is 0 Å². The number of hydrogen-bond donors (Lipinski definition) is 2. The molecule has 0 fully saturated rings. The molecule has 0 aromatic carbocycles. The van der Waals surface area contributed by atoms with Gasteiger partial charge in [0.15, 0.2) is 0 Å². The standard InChI is InChI=1S/C9H16N4O/c1-6-4-11-9(10)13-8(6)12-7(2)5-14-3/h4,7H,5H2,1-3H3,(H3,10,11,12,13). The molecule has 0 spiro atoms. The van der Waals surface area contributed by atoms with Crippen molar-refractivity contribution in [2.45, 2.75) is 19.9 Å². The van der Waals surface area contributed by atoms with Crippen LogP contribution in [0.2, 0.25) is 0 Å². The zero-order chi connectivity index (χ0) is 10.6. The van der Waals surface area contributed by atoms with Crippen LogP contribution in [0.25, 0.3) is 0 Å². The summed E-state index contributed by atoms with van der Waals surface area (Å²) in [7, 11) is 1.67. The molecule has 0 bridgehead atoms. The number of nitrogens with zero attached hydrogens (tertiary/aromatic N) is 2. The molecule has 1 atom stereocenters. The molecule has 0 radical (unpaired) electrons. The number of rotatable bonds is 4. The van der Waals surface area contributed by atoms with Crippen molar-refractivity contribution in [1.82, 2.24) is 9.97 Å². The number of nitrogens with one attached hydrogen (secondary N) is 1. The Morgan fingerprint density at radius 2 is 2.36 bits per heavy atom. The van der Waals surface area contributed by atoms with E-state index >= 15 is 0 Å². The minimum Gasteiger partial charge on any atom is -0.383 e. The van der Waals surface area contributed by atoms with E-state index in [-0.39, 0.29) is 12.0 Å². The molecule has 1 aromatic rings. The Hall–Kier alpha value is -1.36. The van der Waals surface area contributed by atoms with Gasteiger partial charge in [0, 0.05) is 24.9 Å². The summed E-state index contributed by atoms with van der Waals surface area (Å²) in [4.78, 5) is 7.98. The fourth-order valence-corrected chi connectivity index (χ4v) is 1.13. The lowest BCUT2D eigenvalue weighted by Crippen LogP contribution is -2.22. The van der Waals surface area contributed by atoms with Gasteiger partial charge in [0.2, 0.25) is 5.95 Å². The zero-order valence-corrected chi connectivity index (χ0v) is 8.74. The lowest BCUT2D eigenvalue weighted by molar-refractivity contribution is 0.190. The second-order valence-corrected chi connectivity index (χ2v) is 3.26. The molecule has 5 heteroatoms. The SMILES string of the molecule is COCC(C)Nc1nc(N)ncc1C. The summed E-state index contributed by atoms with van der Waals surface area (Å²) in [6.45, 7) is 4.58. The van der Waals surface area contributed by atoms with Crippen molar-refractivity contribution in [2.75, 3.05) is 24.8 Å². The maximum Gasteiger partial charge on any atom is 0.221 e. The van der Waals surface area contributed by atoms with E-state index in [9.17, 15) is 0 Å². The summed E-state index contributed by atoms with van der Waals surface area (Å²) < 4.78 is 5.01. The van der Waals surface area contributed by atoms with Crippen LogP contribution in [-0.4, -0.2) is 29.7 Å². The Kier molecular flexibility index (Phi) is 3.64. The van der Waals surface area contributed by atoms with Gasteiger partial charge in [-0.25, -0.2) is 4.98 Å².